The van der Waals surface area contributed by atoms with Gasteiger partial charge in [0.2, 0.25) is 0 Å². The molecule has 2 rings (SSSR count). The third kappa shape index (κ3) is 3.27. The van der Waals surface area contributed by atoms with E-state index in [1.165, 1.54) is 44.2 Å². The third-order valence-electron chi connectivity index (χ3n) is 4.35. The average Bonchev–Trinajstić information content (AvgIpc) is 2.40. The third-order valence-corrected chi connectivity index (χ3v) is 4.35. The van der Waals surface area contributed by atoms with Crippen LogP contribution >= 0.6 is 0 Å². The van der Waals surface area contributed by atoms with Gasteiger partial charge < -0.3 is 5.11 Å². The van der Waals surface area contributed by atoms with Crippen molar-refractivity contribution >= 4 is 0 Å². The Hall–Kier alpha value is -1.09. The molecular weight excluding hydrogens is 241 g/mol. The molecule has 0 bridgehead atoms. The van der Waals surface area contributed by atoms with Gasteiger partial charge in [-0.3, -0.25) is 4.90 Å². The minimum atomic E-state index is -0.380. The lowest BCUT2D eigenvalue weighted by Crippen LogP contribution is -2.38. The maximum absolute atomic E-state index is 13.1. The first kappa shape index (κ1) is 14.3. The lowest BCUT2D eigenvalue weighted by atomic mass is 9.92. The predicted molar refractivity (Wildman–Crippen MR) is 75.7 cm³/mol. The van der Waals surface area contributed by atoms with E-state index in [9.17, 15) is 9.50 Å². The highest BCUT2D eigenvalue weighted by Crippen LogP contribution is 2.33. The highest BCUT2D eigenvalue weighted by molar-refractivity contribution is 5.35. The Morgan fingerprint density at radius 2 is 2.00 bits per heavy atom. The molecule has 1 fully saturated rings. The summed E-state index contributed by atoms with van der Waals surface area (Å²) in [6.07, 6.45) is 6.40. The Morgan fingerprint density at radius 3 is 2.58 bits per heavy atom. The number of hydrogen-bond donors (Lipinski definition) is 1. The smallest absolute Gasteiger partial charge is 0.126 e. The summed E-state index contributed by atoms with van der Waals surface area (Å²) in [5.41, 5.74) is 0.828. The fraction of sp³-hybridized carbons (Fsp3) is 0.625. The summed E-state index contributed by atoms with van der Waals surface area (Å²) in [7, 11) is 0. The number of nitrogens with zero attached hydrogens (tertiary/aromatic N) is 1. The minimum absolute atomic E-state index is 0.0711. The van der Waals surface area contributed by atoms with E-state index in [-0.39, 0.29) is 17.6 Å². The molecule has 1 N–H and O–H groups in total. The maximum atomic E-state index is 13.1. The summed E-state index contributed by atoms with van der Waals surface area (Å²) in [4.78, 5) is 2.44. The van der Waals surface area contributed by atoms with Gasteiger partial charge in [-0.1, -0.05) is 32.3 Å². The summed E-state index contributed by atoms with van der Waals surface area (Å²) in [6.45, 7) is 5.22. The van der Waals surface area contributed by atoms with Crippen LogP contribution in [0.5, 0.6) is 5.75 Å². The van der Waals surface area contributed by atoms with Crippen molar-refractivity contribution in [1.29, 1.82) is 0 Å². The molecule has 3 heteroatoms. The maximum Gasteiger partial charge on any atom is 0.126 e. The fourth-order valence-corrected chi connectivity index (χ4v) is 3.31. The Morgan fingerprint density at radius 1 is 1.32 bits per heavy atom. The van der Waals surface area contributed by atoms with Gasteiger partial charge in [0.25, 0.3) is 0 Å². The molecule has 0 amide bonds. The van der Waals surface area contributed by atoms with Crippen molar-refractivity contribution < 1.29 is 9.50 Å². The van der Waals surface area contributed by atoms with Gasteiger partial charge in [-0.15, -0.1) is 0 Å². The number of hydrogen-bond acceptors (Lipinski definition) is 2. The van der Waals surface area contributed by atoms with Gasteiger partial charge in [0.1, 0.15) is 11.6 Å². The van der Waals surface area contributed by atoms with E-state index < -0.39 is 0 Å². The quantitative estimate of drug-likeness (QED) is 0.880. The molecule has 0 aromatic heterocycles. The SMILES string of the molecule is CCN(C1CCCCC1)C(C)c1ccc(F)cc1O. The molecule has 0 saturated heterocycles. The van der Waals surface area contributed by atoms with Crippen LogP contribution in [0.25, 0.3) is 0 Å². The van der Waals surface area contributed by atoms with Crippen molar-refractivity contribution in [2.24, 2.45) is 0 Å². The first-order valence-electron chi connectivity index (χ1n) is 7.37. The van der Waals surface area contributed by atoms with Gasteiger partial charge in [-0.25, -0.2) is 4.39 Å². The predicted octanol–water partition coefficient (Wildman–Crippen LogP) is 4.25. The van der Waals surface area contributed by atoms with E-state index in [4.69, 9.17) is 0 Å². The largest absolute Gasteiger partial charge is 0.508 e. The van der Waals surface area contributed by atoms with Gasteiger partial charge >= 0.3 is 0 Å². The highest BCUT2D eigenvalue weighted by Gasteiger charge is 2.26. The van der Waals surface area contributed by atoms with Gasteiger partial charge in [-0.05, 0) is 32.4 Å². The molecule has 19 heavy (non-hydrogen) atoms. The lowest BCUT2D eigenvalue weighted by Gasteiger charge is -2.38. The Kier molecular flexibility index (Phi) is 4.81. The van der Waals surface area contributed by atoms with Gasteiger partial charge in [0, 0.05) is 23.7 Å². The standard InChI is InChI=1S/C16H24FNO/c1-3-18(14-7-5-4-6-8-14)12(2)15-10-9-13(17)11-16(15)19/h9-12,14,19H,3-8H2,1-2H3. The molecule has 0 spiro atoms. The van der Waals surface area contributed by atoms with E-state index in [2.05, 4.69) is 18.7 Å². The molecule has 0 aliphatic heterocycles. The fourth-order valence-electron chi connectivity index (χ4n) is 3.31. The average molecular weight is 265 g/mol. The van der Waals surface area contributed by atoms with Crippen LogP contribution in [0, 0.1) is 5.82 Å². The van der Waals surface area contributed by atoms with Crippen molar-refractivity contribution in [1.82, 2.24) is 4.90 Å². The molecule has 106 valence electrons. The monoisotopic (exact) mass is 265 g/mol. The first-order chi connectivity index (χ1) is 9.13. The Bertz CT molecular complexity index is 415. The zero-order valence-electron chi connectivity index (χ0n) is 11.9. The normalized spacial score (nSPS) is 18.7. The van der Waals surface area contributed by atoms with Crippen molar-refractivity contribution in [2.45, 2.75) is 58.0 Å². The second-order valence-electron chi connectivity index (χ2n) is 5.50. The summed E-state index contributed by atoms with van der Waals surface area (Å²) in [5, 5.41) is 9.94. The van der Waals surface area contributed by atoms with Crippen LogP contribution in [-0.2, 0) is 0 Å². The summed E-state index contributed by atoms with van der Waals surface area (Å²) in [5.74, 6) is -0.309. The molecule has 1 unspecified atom stereocenters. The molecule has 1 atom stereocenters. The van der Waals surface area contributed by atoms with Crippen molar-refractivity contribution in [3.63, 3.8) is 0 Å². The Balaban J connectivity index is 2.17. The van der Waals surface area contributed by atoms with E-state index in [0.717, 1.165) is 12.1 Å². The number of phenols is 1. The lowest BCUT2D eigenvalue weighted by molar-refractivity contribution is 0.118. The van der Waals surface area contributed by atoms with E-state index in [1.54, 1.807) is 6.07 Å². The van der Waals surface area contributed by atoms with Crippen LogP contribution < -0.4 is 0 Å². The van der Waals surface area contributed by atoms with Crippen molar-refractivity contribution in [3.05, 3.63) is 29.6 Å². The number of halogens is 1. The van der Waals surface area contributed by atoms with Crippen LogP contribution in [-0.4, -0.2) is 22.6 Å². The van der Waals surface area contributed by atoms with Crippen LogP contribution in [0.1, 0.15) is 57.6 Å². The molecule has 0 radical (unpaired) electrons. The number of benzene rings is 1. The molecule has 1 aliphatic rings. The van der Waals surface area contributed by atoms with Crippen molar-refractivity contribution in [3.8, 4) is 5.75 Å². The van der Waals surface area contributed by atoms with Crippen LogP contribution in [0.4, 0.5) is 4.39 Å². The molecule has 2 nitrogen and oxygen atoms in total. The summed E-state index contributed by atoms with van der Waals surface area (Å²) in [6, 6.07) is 5.08. The van der Waals surface area contributed by atoms with Crippen LogP contribution in [0.2, 0.25) is 0 Å². The molecule has 1 aromatic carbocycles. The zero-order chi connectivity index (χ0) is 13.8. The van der Waals surface area contributed by atoms with Gasteiger partial charge in [0.15, 0.2) is 0 Å². The van der Waals surface area contributed by atoms with E-state index in [0.29, 0.717) is 6.04 Å². The highest BCUT2D eigenvalue weighted by atomic mass is 19.1. The molecule has 0 heterocycles. The first-order valence-corrected chi connectivity index (χ1v) is 7.37. The second kappa shape index (κ2) is 6.38. The van der Waals surface area contributed by atoms with Crippen LogP contribution in [0.3, 0.4) is 0 Å². The second-order valence-corrected chi connectivity index (χ2v) is 5.50. The molecular formula is C16H24FNO. The summed E-state index contributed by atoms with van der Waals surface area (Å²) < 4.78 is 13.1. The zero-order valence-corrected chi connectivity index (χ0v) is 11.9. The van der Waals surface area contributed by atoms with E-state index >= 15 is 0 Å². The molecule has 1 aromatic rings. The minimum Gasteiger partial charge on any atom is -0.508 e. The number of rotatable bonds is 4. The topological polar surface area (TPSA) is 23.5 Å². The number of phenolic OH excluding ortho intramolecular Hbond substituents is 1. The summed E-state index contributed by atoms with van der Waals surface area (Å²) >= 11 is 0. The Labute approximate surface area is 115 Å². The van der Waals surface area contributed by atoms with E-state index in [1.807, 2.05) is 0 Å². The number of aromatic hydroxyl groups is 1. The van der Waals surface area contributed by atoms with Crippen molar-refractivity contribution in [2.75, 3.05) is 6.54 Å². The van der Waals surface area contributed by atoms with Gasteiger partial charge in [0.05, 0.1) is 0 Å². The van der Waals surface area contributed by atoms with Gasteiger partial charge in [-0.2, -0.15) is 0 Å². The molecule has 1 saturated carbocycles. The van der Waals surface area contributed by atoms with Crippen LogP contribution in [0.15, 0.2) is 18.2 Å². The molecule has 1 aliphatic carbocycles.